The van der Waals surface area contributed by atoms with Gasteiger partial charge >= 0.3 is 0 Å². The molecule has 0 saturated carbocycles. The molecule has 0 spiro atoms. The molecule has 1 atom stereocenters. The summed E-state index contributed by atoms with van der Waals surface area (Å²) in [6.45, 7) is 1.77. The van der Waals surface area contributed by atoms with Crippen LogP contribution in [0.25, 0.3) is 22.0 Å². The normalized spacial score (nSPS) is 17.9. The van der Waals surface area contributed by atoms with E-state index in [4.69, 9.17) is 0 Å². The van der Waals surface area contributed by atoms with Gasteiger partial charge in [0.1, 0.15) is 5.82 Å². The Labute approximate surface area is 145 Å². The lowest BCUT2D eigenvalue weighted by Crippen LogP contribution is -2.25. The first-order valence-corrected chi connectivity index (χ1v) is 8.34. The van der Waals surface area contributed by atoms with Crippen LogP contribution in [0.4, 0.5) is 5.82 Å². The van der Waals surface area contributed by atoms with Gasteiger partial charge in [0, 0.05) is 30.7 Å². The number of benzene rings is 1. The highest BCUT2D eigenvalue weighted by Gasteiger charge is 2.26. The quantitative estimate of drug-likeness (QED) is 0.791. The molecule has 1 aliphatic rings. The molecular weight excluding hydrogens is 316 g/mol. The van der Waals surface area contributed by atoms with Gasteiger partial charge in [-0.3, -0.25) is 4.79 Å². The van der Waals surface area contributed by atoms with Gasteiger partial charge in [-0.2, -0.15) is 0 Å². The lowest BCUT2D eigenvalue weighted by Gasteiger charge is -2.11. The Kier molecular flexibility index (Phi) is 3.93. The molecule has 7 nitrogen and oxygen atoms in total. The van der Waals surface area contributed by atoms with Crippen molar-refractivity contribution in [1.29, 1.82) is 0 Å². The van der Waals surface area contributed by atoms with Crippen LogP contribution < -0.4 is 5.32 Å². The summed E-state index contributed by atoms with van der Waals surface area (Å²) in [7, 11) is 3.90. The average Bonchev–Trinajstić information content (AvgIpc) is 3.22. The van der Waals surface area contributed by atoms with E-state index in [2.05, 4.69) is 31.6 Å². The minimum absolute atomic E-state index is 0.0364. The summed E-state index contributed by atoms with van der Waals surface area (Å²) in [5.74, 6) is 0.671. The molecule has 1 amide bonds. The van der Waals surface area contributed by atoms with Crippen LogP contribution in [0, 0.1) is 5.92 Å². The first-order valence-electron chi connectivity index (χ1n) is 8.34. The Balaban J connectivity index is 1.60. The topological polar surface area (TPSA) is 75.9 Å². The number of fused-ring (bicyclic) bond motifs is 1. The Morgan fingerprint density at radius 2 is 2.08 bits per heavy atom. The molecule has 0 radical (unpaired) electrons. The number of hydrogen-bond donors (Lipinski definition) is 1. The molecule has 1 unspecified atom stereocenters. The molecule has 0 bridgehead atoms. The van der Waals surface area contributed by atoms with E-state index in [0.29, 0.717) is 5.82 Å². The van der Waals surface area contributed by atoms with E-state index in [1.807, 2.05) is 32.3 Å². The fraction of sp³-hybridized carbons (Fsp3) is 0.333. The maximum absolute atomic E-state index is 12.4. The molecule has 7 heteroatoms. The van der Waals surface area contributed by atoms with Crippen molar-refractivity contribution in [2.45, 2.75) is 6.42 Å². The number of nitrogens with one attached hydrogen (secondary N) is 1. The second-order valence-electron chi connectivity index (χ2n) is 6.61. The van der Waals surface area contributed by atoms with Gasteiger partial charge in [0.15, 0.2) is 0 Å². The lowest BCUT2D eigenvalue weighted by molar-refractivity contribution is -0.119. The van der Waals surface area contributed by atoms with E-state index in [9.17, 15) is 4.79 Å². The van der Waals surface area contributed by atoms with Crippen LogP contribution in [-0.4, -0.2) is 50.9 Å². The number of rotatable bonds is 3. The van der Waals surface area contributed by atoms with Crippen molar-refractivity contribution in [3.63, 3.8) is 0 Å². The van der Waals surface area contributed by atoms with Crippen molar-refractivity contribution in [3.05, 3.63) is 36.7 Å². The number of anilines is 1. The standard InChI is InChI=1S/C18H20N6O/c1-23-6-5-14(11-23)18(25)21-17-8-15-7-12(3-4-13(15)9-19-17)16-10-20-22-24(16)2/h3-4,7-10,14H,5-6,11H2,1-2H3,(H,19,21,25). The van der Waals surface area contributed by atoms with Crippen molar-refractivity contribution in [2.24, 2.45) is 13.0 Å². The Morgan fingerprint density at radius 3 is 2.80 bits per heavy atom. The molecule has 1 aliphatic heterocycles. The molecule has 4 rings (SSSR count). The third kappa shape index (κ3) is 3.10. The minimum atomic E-state index is 0.0364. The molecule has 1 saturated heterocycles. The van der Waals surface area contributed by atoms with Crippen LogP contribution >= 0.6 is 0 Å². The molecule has 128 valence electrons. The van der Waals surface area contributed by atoms with Gasteiger partial charge in [-0.15, -0.1) is 5.10 Å². The smallest absolute Gasteiger partial charge is 0.229 e. The molecular formula is C18H20N6O. The predicted octanol–water partition coefficient (Wildman–Crippen LogP) is 1.92. The summed E-state index contributed by atoms with van der Waals surface area (Å²) < 4.78 is 1.74. The minimum Gasteiger partial charge on any atom is -0.310 e. The van der Waals surface area contributed by atoms with Gasteiger partial charge in [0.2, 0.25) is 5.91 Å². The van der Waals surface area contributed by atoms with Crippen molar-refractivity contribution < 1.29 is 4.79 Å². The van der Waals surface area contributed by atoms with Gasteiger partial charge in [-0.05, 0) is 37.5 Å². The highest BCUT2D eigenvalue weighted by atomic mass is 16.2. The number of carbonyl (C=O) groups excluding carboxylic acids is 1. The van der Waals surface area contributed by atoms with E-state index in [0.717, 1.165) is 41.5 Å². The fourth-order valence-corrected chi connectivity index (χ4v) is 3.30. The van der Waals surface area contributed by atoms with Crippen LogP contribution in [0.5, 0.6) is 0 Å². The van der Waals surface area contributed by atoms with Crippen LogP contribution in [0.15, 0.2) is 36.7 Å². The number of hydrogen-bond acceptors (Lipinski definition) is 5. The highest BCUT2D eigenvalue weighted by Crippen LogP contribution is 2.25. The molecule has 1 aromatic carbocycles. The van der Waals surface area contributed by atoms with Crippen molar-refractivity contribution in [3.8, 4) is 11.3 Å². The van der Waals surface area contributed by atoms with Crippen molar-refractivity contribution in [1.82, 2.24) is 24.9 Å². The summed E-state index contributed by atoms with van der Waals surface area (Å²) in [6, 6.07) is 8.02. The van der Waals surface area contributed by atoms with Crippen LogP contribution in [-0.2, 0) is 11.8 Å². The molecule has 0 aliphatic carbocycles. The molecule has 1 N–H and O–H groups in total. The zero-order valence-corrected chi connectivity index (χ0v) is 14.3. The van der Waals surface area contributed by atoms with Crippen molar-refractivity contribution >= 4 is 22.5 Å². The number of likely N-dealkylation sites (tertiary alicyclic amines) is 1. The van der Waals surface area contributed by atoms with Gasteiger partial charge in [0.05, 0.1) is 17.8 Å². The van der Waals surface area contributed by atoms with E-state index >= 15 is 0 Å². The zero-order chi connectivity index (χ0) is 17.4. The van der Waals surface area contributed by atoms with E-state index < -0.39 is 0 Å². The molecule has 3 aromatic rings. The van der Waals surface area contributed by atoms with E-state index in [1.165, 1.54) is 0 Å². The third-order valence-corrected chi connectivity index (χ3v) is 4.75. The lowest BCUT2D eigenvalue weighted by atomic mass is 10.1. The van der Waals surface area contributed by atoms with Gasteiger partial charge in [-0.1, -0.05) is 17.3 Å². The second-order valence-corrected chi connectivity index (χ2v) is 6.61. The number of nitrogens with zero attached hydrogens (tertiary/aromatic N) is 5. The molecule has 1 fully saturated rings. The zero-order valence-electron chi connectivity index (χ0n) is 14.3. The number of pyridine rings is 1. The maximum Gasteiger partial charge on any atom is 0.229 e. The maximum atomic E-state index is 12.4. The first kappa shape index (κ1) is 15.7. The summed E-state index contributed by atoms with van der Waals surface area (Å²) in [6.07, 6.45) is 4.42. The van der Waals surface area contributed by atoms with Crippen LogP contribution in [0.2, 0.25) is 0 Å². The summed E-state index contributed by atoms with van der Waals surface area (Å²) in [5.41, 5.74) is 1.97. The molecule has 25 heavy (non-hydrogen) atoms. The van der Waals surface area contributed by atoms with Gasteiger partial charge in [-0.25, -0.2) is 9.67 Å². The number of carbonyl (C=O) groups is 1. The summed E-state index contributed by atoms with van der Waals surface area (Å²) >= 11 is 0. The van der Waals surface area contributed by atoms with Crippen LogP contribution in [0.1, 0.15) is 6.42 Å². The first-order chi connectivity index (χ1) is 12.1. The second kappa shape index (κ2) is 6.25. The SMILES string of the molecule is CN1CCC(C(=O)Nc2cc3cc(-c4cnnn4C)ccc3cn2)C1. The molecule has 3 heterocycles. The number of aryl methyl sites for hydroxylation is 1. The fourth-order valence-electron chi connectivity index (χ4n) is 3.30. The Morgan fingerprint density at radius 1 is 1.20 bits per heavy atom. The highest BCUT2D eigenvalue weighted by molar-refractivity contribution is 5.95. The number of amides is 1. The Hall–Kier alpha value is -2.80. The summed E-state index contributed by atoms with van der Waals surface area (Å²) in [4.78, 5) is 18.9. The monoisotopic (exact) mass is 336 g/mol. The van der Waals surface area contributed by atoms with Crippen LogP contribution in [0.3, 0.4) is 0 Å². The van der Waals surface area contributed by atoms with Crippen molar-refractivity contribution in [2.75, 3.05) is 25.5 Å². The van der Waals surface area contributed by atoms with Gasteiger partial charge < -0.3 is 10.2 Å². The predicted molar refractivity (Wildman–Crippen MR) is 96.0 cm³/mol. The average molecular weight is 336 g/mol. The van der Waals surface area contributed by atoms with E-state index in [-0.39, 0.29) is 11.8 Å². The Bertz CT molecular complexity index is 934. The third-order valence-electron chi connectivity index (χ3n) is 4.75. The van der Waals surface area contributed by atoms with Gasteiger partial charge in [0.25, 0.3) is 0 Å². The molecule has 2 aromatic heterocycles. The number of aromatic nitrogens is 4. The summed E-state index contributed by atoms with van der Waals surface area (Å²) in [5, 5.41) is 12.9. The van der Waals surface area contributed by atoms with E-state index in [1.54, 1.807) is 17.1 Å². The largest absolute Gasteiger partial charge is 0.310 e.